The summed E-state index contributed by atoms with van der Waals surface area (Å²) in [5, 5.41) is 9.46. The number of rotatable bonds is 3. The Labute approximate surface area is 147 Å². The number of carbonyl (C=O) groups excluding carboxylic acids is 1. The predicted octanol–water partition coefficient (Wildman–Crippen LogP) is 3.29. The van der Waals surface area contributed by atoms with Gasteiger partial charge in [-0.2, -0.15) is 13.2 Å². The second-order valence-corrected chi connectivity index (χ2v) is 6.18. The van der Waals surface area contributed by atoms with Crippen LogP contribution < -0.4 is 0 Å². The molecule has 1 unspecified atom stereocenters. The molecule has 0 saturated carbocycles. The van der Waals surface area contributed by atoms with Crippen LogP contribution in [0, 0.1) is 0 Å². The fourth-order valence-corrected chi connectivity index (χ4v) is 3.22. The SMILES string of the molecule is O=C(O)C1Cc2ccccc2CN1C(=O)Cc1ccccc1C(F)(F)F. The Hall–Kier alpha value is -2.83. The molecule has 1 N–H and O–H groups in total. The molecule has 0 aliphatic carbocycles. The number of carboxylic acid groups (broad SMARTS) is 1. The predicted molar refractivity (Wildman–Crippen MR) is 87.3 cm³/mol. The van der Waals surface area contributed by atoms with Crippen molar-refractivity contribution in [3.8, 4) is 0 Å². The average molecular weight is 363 g/mol. The molecule has 136 valence electrons. The highest BCUT2D eigenvalue weighted by Gasteiger charge is 2.37. The summed E-state index contributed by atoms with van der Waals surface area (Å²) in [4.78, 5) is 25.4. The smallest absolute Gasteiger partial charge is 0.416 e. The van der Waals surface area contributed by atoms with Crippen LogP contribution >= 0.6 is 0 Å². The maximum atomic E-state index is 13.1. The first-order valence-corrected chi connectivity index (χ1v) is 8.01. The van der Waals surface area contributed by atoms with E-state index < -0.39 is 36.1 Å². The highest BCUT2D eigenvalue weighted by molar-refractivity contribution is 5.86. The van der Waals surface area contributed by atoms with E-state index in [0.29, 0.717) is 0 Å². The number of aliphatic carboxylic acids is 1. The molecular formula is C19H16F3NO3. The number of benzene rings is 2. The van der Waals surface area contributed by atoms with Crippen molar-refractivity contribution in [3.05, 3.63) is 70.8 Å². The van der Waals surface area contributed by atoms with Crippen LogP contribution in [-0.2, 0) is 35.2 Å². The van der Waals surface area contributed by atoms with E-state index in [9.17, 15) is 27.9 Å². The van der Waals surface area contributed by atoms with Crippen LogP contribution in [0.1, 0.15) is 22.3 Å². The van der Waals surface area contributed by atoms with Crippen LogP contribution in [0.25, 0.3) is 0 Å². The van der Waals surface area contributed by atoms with Gasteiger partial charge in [0.15, 0.2) is 0 Å². The van der Waals surface area contributed by atoms with E-state index in [1.165, 1.54) is 18.2 Å². The minimum absolute atomic E-state index is 0.0696. The van der Waals surface area contributed by atoms with Gasteiger partial charge in [0.05, 0.1) is 12.0 Å². The molecule has 0 bridgehead atoms. The molecular weight excluding hydrogens is 347 g/mol. The normalized spacial score (nSPS) is 16.9. The molecule has 7 heteroatoms. The molecule has 0 spiro atoms. The van der Waals surface area contributed by atoms with Crippen molar-refractivity contribution in [2.45, 2.75) is 31.6 Å². The van der Waals surface area contributed by atoms with E-state index in [1.807, 2.05) is 0 Å². The van der Waals surface area contributed by atoms with E-state index in [2.05, 4.69) is 0 Å². The number of carboxylic acids is 1. The lowest BCUT2D eigenvalue weighted by Gasteiger charge is -2.34. The zero-order valence-corrected chi connectivity index (χ0v) is 13.7. The van der Waals surface area contributed by atoms with Gasteiger partial charge in [0.2, 0.25) is 5.91 Å². The minimum Gasteiger partial charge on any atom is -0.480 e. The first-order valence-electron chi connectivity index (χ1n) is 8.01. The molecule has 3 rings (SSSR count). The van der Waals surface area contributed by atoms with Crippen molar-refractivity contribution in [3.63, 3.8) is 0 Å². The third-order valence-corrected chi connectivity index (χ3v) is 4.52. The summed E-state index contributed by atoms with van der Waals surface area (Å²) in [7, 11) is 0. The lowest BCUT2D eigenvalue weighted by molar-refractivity contribution is -0.151. The van der Waals surface area contributed by atoms with E-state index in [4.69, 9.17) is 0 Å². The Kier molecular flexibility index (Phi) is 4.71. The topological polar surface area (TPSA) is 57.6 Å². The molecule has 0 fully saturated rings. The summed E-state index contributed by atoms with van der Waals surface area (Å²) in [5.74, 6) is -1.81. The fraction of sp³-hybridized carbons (Fsp3) is 0.263. The second kappa shape index (κ2) is 6.82. The summed E-state index contributed by atoms with van der Waals surface area (Å²) < 4.78 is 39.4. The van der Waals surface area contributed by atoms with E-state index in [0.717, 1.165) is 22.1 Å². The van der Waals surface area contributed by atoms with Crippen LogP contribution in [0.2, 0.25) is 0 Å². The third-order valence-electron chi connectivity index (χ3n) is 4.52. The van der Waals surface area contributed by atoms with Crippen LogP contribution in [-0.4, -0.2) is 27.9 Å². The third kappa shape index (κ3) is 3.56. The molecule has 1 aliphatic rings. The molecule has 1 amide bonds. The molecule has 4 nitrogen and oxygen atoms in total. The van der Waals surface area contributed by atoms with Crippen molar-refractivity contribution in [1.82, 2.24) is 4.90 Å². The molecule has 0 radical (unpaired) electrons. The Balaban J connectivity index is 1.89. The summed E-state index contributed by atoms with van der Waals surface area (Å²) in [6, 6.07) is 10.9. The van der Waals surface area contributed by atoms with Crippen molar-refractivity contribution in [1.29, 1.82) is 0 Å². The van der Waals surface area contributed by atoms with Gasteiger partial charge in [-0.25, -0.2) is 4.79 Å². The number of nitrogens with zero attached hydrogens (tertiary/aromatic N) is 1. The monoisotopic (exact) mass is 363 g/mol. The van der Waals surface area contributed by atoms with Crippen LogP contribution in [0.15, 0.2) is 48.5 Å². The molecule has 0 aromatic heterocycles. The molecule has 2 aromatic carbocycles. The zero-order valence-electron chi connectivity index (χ0n) is 13.7. The van der Waals surface area contributed by atoms with Gasteiger partial charge >= 0.3 is 12.1 Å². The summed E-state index contributed by atoms with van der Waals surface area (Å²) >= 11 is 0. The van der Waals surface area contributed by atoms with Gasteiger partial charge in [-0.3, -0.25) is 4.79 Å². The average Bonchev–Trinajstić information content (AvgIpc) is 2.60. The van der Waals surface area contributed by atoms with Gasteiger partial charge in [-0.1, -0.05) is 42.5 Å². The highest BCUT2D eigenvalue weighted by Crippen LogP contribution is 2.32. The Morgan fingerprint density at radius 2 is 1.65 bits per heavy atom. The van der Waals surface area contributed by atoms with Crippen LogP contribution in [0.5, 0.6) is 0 Å². The number of hydrogen-bond acceptors (Lipinski definition) is 2. The molecule has 26 heavy (non-hydrogen) atoms. The van der Waals surface area contributed by atoms with E-state index in [1.54, 1.807) is 24.3 Å². The number of halogens is 3. The lowest BCUT2D eigenvalue weighted by atomic mass is 9.93. The van der Waals surface area contributed by atoms with Crippen molar-refractivity contribution in [2.24, 2.45) is 0 Å². The van der Waals surface area contributed by atoms with Gasteiger partial charge in [0, 0.05) is 13.0 Å². The van der Waals surface area contributed by atoms with E-state index in [-0.39, 0.29) is 18.5 Å². The van der Waals surface area contributed by atoms with Gasteiger partial charge < -0.3 is 10.0 Å². The largest absolute Gasteiger partial charge is 0.480 e. The Morgan fingerprint density at radius 1 is 1.04 bits per heavy atom. The van der Waals surface area contributed by atoms with E-state index >= 15 is 0 Å². The summed E-state index contributed by atoms with van der Waals surface area (Å²) in [6.45, 7) is 0.0696. The van der Waals surface area contributed by atoms with Gasteiger partial charge in [-0.05, 0) is 22.8 Å². The number of hydrogen-bond donors (Lipinski definition) is 1. The molecule has 1 aliphatic heterocycles. The number of fused-ring (bicyclic) bond motifs is 1. The van der Waals surface area contributed by atoms with Gasteiger partial charge in [0.25, 0.3) is 0 Å². The first-order chi connectivity index (χ1) is 12.3. The second-order valence-electron chi connectivity index (χ2n) is 6.18. The molecule has 2 aromatic rings. The lowest BCUT2D eigenvalue weighted by Crippen LogP contribution is -2.49. The zero-order chi connectivity index (χ0) is 18.9. The molecule has 1 atom stereocenters. The standard InChI is InChI=1S/C19H16F3NO3/c20-19(21,22)15-8-4-3-6-13(15)10-17(24)23-11-14-7-2-1-5-12(14)9-16(23)18(25)26/h1-8,16H,9-11H2,(H,25,26). The maximum Gasteiger partial charge on any atom is 0.416 e. The summed E-state index contributed by atoms with van der Waals surface area (Å²) in [6.07, 6.45) is -4.93. The van der Waals surface area contributed by atoms with Crippen LogP contribution in [0.3, 0.4) is 0 Å². The summed E-state index contributed by atoms with van der Waals surface area (Å²) in [5.41, 5.74) is 0.604. The maximum absolute atomic E-state index is 13.1. The molecule has 0 saturated heterocycles. The van der Waals surface area contributed by atoms with Gasteiger partial charge in [-0.15, -0.1) is 0 Å². The fourth-order valence-electron chi connectivity index (χ4n) is 3.22. The van der Waals surface area contributed by atoms with Crippen molar-refractivity contribution < 1.29 is 27.9 Å². The molecule has 1 heterocycles. The minimum atomic E-state index is -4.57. The first kappa shape index (κ1) is 18.0. The number of amides is 1. The highest BCUT2D eigenvalue weighted by atomic mass is 19.4. The Bertz CT molecular complexity index is 848. The number of alkyl halides is 3. The number of carbonyl (C=O) groups is 2. The van der Waals surface area contributed by atoms with Gasteiger partial charge in [0.1, 0.15) is 6.04 Å². The van der Waals surface area contributed by atoms with Crippen molar-refractivity contribution >= 4 is 11.9 Å². The van der Waals surface area contributed by atoms with Crippen LogP contribution in [0.4, 0.5) is 13.2 Å². The quantitative estimate of drug-likeness (QED) is 0.911. The van der Waals surface area contributed by atoms with Crippen molar-refractivity contribution in [2.75, 3.05) is 0 Å². The Morgan fingerprint density at radius 3 is 2.31 bits per heavy atom.